The normalized spacial score (nSPS) is 24.0. The molecular weight excluding hydrogens is 765 g/mol. The van der Waals surface area contributed by atoms with Gasteiger partial charge in [-0.15, -0.1) is 5.92 Å². The number of benzene rings is 2. The van der Waals surface area contributed by atoms with Crippen LogP contribution in [0.5, 0.6) is 17.2 Å². The Morgan fingerprint density at radius 2 is 1.85 bits per heavy atom. The van der Waals surface area contributed by atoms with Gasteiger partial charge >= 0.3 is 5.97 Å². The van der Waals surface area contributed by atoms with Crippen molar-refractivity contribution in [3.05, 3.63) is 122 Å². The summed E-state index contributed by atoms with van der Waals surface area (Å²) in [6, 6.07) is 14.4. The number of nitrogen functional groups attached to an aromatic ring is 2. The number of nitrogens with two attached hydrogens (primary N) is 2. The van der Waals surface area contributed by atoms with Gasteiger partial charge in [-0.25, -0.2) is 14.8 Å². The van der Waals surface area contributed by atoms with Crippen LogP contribution in [0.1, 0.15) is 85.4 Å². The molecule has 0 spiro atoms. The van der Waals surface area contributed by atoms with E-state index in [1.54, 1.807) is 36.5 Å². The molecule has 2 aliphatic heterocycles. The lowest BCUT2D eigenvalue weighted by Gasteiger charge is -2.48. The average Bonchev–Trinajstić information content (AvgIpc) is 3.77. The number of anilines is 2. The van der Waals surface area contributed by atoms with Crippen molar-refractivity contribution >= 4 is 28.6 Å². The van der Waals surface area contributed by atoms with Gasteiger partial charge in [-0.3, -0.25) is 4.79 Å². The van der Waals surface area contributed by atoms with E-state index in [0.29, 0.717) is 28.9 Å². The second kappa shape index (κ2) is 16.0. The number of carbonyl (C=O) groups is 1. The number of hydrogen-bond acceptors (Lipinski definition) is 13. The number of aromatic nitrogens is 2. The molecule has 5 aromatic rings. The lowest BCUT2D eigenvalue weighted by atomic mass is 9.63. The third-order valence-electron chi connectivity index (χ3n) is 12.7. The number of nitrogens with zero attached hydrogens (tertiary/aromatic N) is 2. The number of pyridine rings is 2. The number of hydrogen-bond donors (Lipinski definition) is 6. The number of ether oxygens (including phenoxy) is 2. The van der Waals surface area contributed by atoms with Crippen molar-refractivity contribution in [2.24, 2.45) is 11.8 Å². The second-order valence-electron chi connectivity index (χ2n) is 16.2. The minimum atomic E-state index is -1.60. The number of aromatic hydroxyl groups is 2. The molecule has 1 aliphatic carbocycles. The second-order valence-corrected chi connectivity index (χ2v) is 16.2. The highest BCUT2D eigenvalue weighted by Gasteiger charge is 2.54. The number of esters is 1. The summed E-state index contributed by atoms with van der Waals surface area (Å²) in [7, 11) is 0. The average molecular weight is 813 g/mol. The van der Waals surface area contributed by atoms with Gasteiger partial charge in [0.2, 0.25) is 0 Å². The molecule has 60 heavy (non-hydrogen) atoms. The zero-order valence-corrected chi connectivity index (χ0v) is 33.5. The molecule has 310 valence electrons. The van der Waals surface area contributed by atoms with Crippen LogP contribution in [0.25, 0.3) is 11.0 Å². The molecule has 2 aromatic carbocycles. The van der Waals surface area contributed by atoms with E-state index >= 15 is 0 Å². The summed E-state index contributed by atoms with van der Waals surface area (Å²) < 4.78 is 20.3. The Balaban J connectivity index is 1.47. The van der Waals surface area contributed by atoms with Crippen LogP contribution in [0.4, 0.5) is 11.6 Å². The van der Waals surface area contributed by atoms with Gasteiger partial charge in [0.25, 0.3) is 0 Å². The number of allylic oxidation sites excluding steroid dienone is 1. The van der Waals surface area contributed by atoms with Crippen LogP contribution in [-0.2, 0) is 34.4 Å². The third-order valence-corrected chi connectivity index (χ3v) is 12.7. The predicted octanol–water partition coefficient (Wildman–Crippen LogP) is 5.72. The molecule has 5 atom stereocenters. The highest BCUT2D eigenvalue weighted by molar-refractivity contribution is 5.92. The first-order valence-electron chi connectivity index (χ1n) is 20.2. The molecule has 8 N–H and O–H groups in total. The summed E-state index contributed by atoms with van der Waals surface area (Å²) in [5.41, 5.74) is 11.3. The summed E-state index contributed by atoms with van der Waals surface area (Å²) in [5, 5.41) is 45.2. The van der Waals surface area contributed by atoms with Crippen LogP contribution in [0.15, 0.2) is 87.9 Å². The first-order chi connectivity index (χ1) is 28.9. The van der Waals surface area contributed by atoms with Crippen molar-refractivity contribution in [2.45, 2.75) is 88.4 Å². The molecule has 1 fully saturated rings. The van der Waals surface area contributed by atoms with E-state index in [1.807, 2.05) is 26.0 Å². The van der Waals surface area contributed by atoms with Gasteiger partial charge in [0, 0.05) is 59.8 Å². The smallest absolute Gasteiger partial charge is 0.334 e. The molecule has 2 bridgehead atoms. The van der Waals surface area contributed by atoms with E-state index in [0.717, 1.165) is 37.3 Å². The van der Waals surface area contributed by atoms with Gasteiger partial charge < -0.3 is 45.8 Å². The van der Waals surface area contributed by atoms with Crippen molar-refractivity contribution in [3.8, 4) is 29.1 Å². The zero-order valence-electron chi connectivity index (χ0n) is 33.5. The first kappa shape index (κ1) is 40.4. The maximum absolute atomic E-state index is 14.3. The Morgan fingerprint density at radius 1 is 1.05 bits per heavy atom. The van der Waals surface area contributed by atoms with Crippen molar-refractivity contribution < 1.29 is 39.1 Å². The highest BCUT2D eigenvalue weighted by Crippen LogP contribution is 2.56. The molecule has 0 saturated heterocycles. The lowest BCUT2D eigenvalue weighted by Crippen LogP contribution is -2.57. The fraction of sp³-hybridized carbons (Fsp3) is 0.362. The number of phenolic OH excluding ortho intramolecular Hbond substituents is 2. The largest absolute Gasteiger partial charge is 0.508 e. The Labute approximate surface area is 346 Å². The van der Waals surface area contributed by atoms with Crippen molar-refractivity contribution in [1.29, 1.82) is 0 Å². The zero-order chi connectivity index (χ0) is 42.3. The van der Waals surface area contributed by atoms with Crippen LogP contribution < -0.4 is 21.6 Å². The molecule has 0 unspecified atom stereocenters. The van der Waals surface area contributed by atoms with E-state index < -0.39 is 59.3 Å². The molecule has 13 nitrogen and oxygen atoms in total. The maximum Gasteiger partial charge on any atom is 0.334 e. The number of rotatable bonds is 9. The topological polar surface area (TPSA) is 224 Å². The SMILES string of the molecule is C/C=C(\C(=O)O[C@@H]1Cc2c3c(c4oc(CO)cc(=O)c4c2O)[C@@H](c2ccnc(N)c2)[C@@](CO)(c2cccc(O)c2)C#CC[C@H](Cc2ccc(N)nc2)[C@]1(C)O3)C1CCCC1. The van der Waals surface area contributed by atoms with Crippen LogP contribution in [0.2, 0.25) is 0 Å². The third kappa shape index (κ3) is 6.99. The molecule has 5 heterocycles. The van der Waals surface area contributed by atoms with Gasteiger partial charge in [-0.05, 0) is 86.1 Å². The predicted molar refractivity (Wildman–Crippen MR) is 224 cm³/mol. The summed E-state index contributed by atoms with van der Waals surface area (Å²) in [6.45, 7) is 2.43. The maximum atomic E-state index is 14.3. The minimum absolute atomic E-state index is 0.0468. The van der Waals surface area contributed by atoms with Gasteiger partial charge in [-0.1, -0.05) is 43.0 Å². The summed E-state index contributed by atoms with van der Waals surface area (Å²) in [6.07, 6.45) is 8.15. The number of aliphatic hydroxyl groups is 2. The quantitative estimate of drug-likeness (QED) is 0.0596. The summed E-state index contributed by atoms with van der Waals surface area (Å²) in [5.74, 6) is 4.79. The van der Waals surface area contributed by atoms with Gasteiger partial charge in [0.1, 0.15) is 63.9 Å². The molecule has 1 saturated carbocycles. The van der Waals surface area contributed by atoms with E-state index in [2.05, 4.69) is 21.8 Å². The molecule has 3 aliphatic rings. The van der Waals surface area contributed by atoms with Gasteiger partial charge in [-0.2, -0.15) is 0 Å². The monoisotopic (exact) mass is 812 g/mol. The van der Waals surface area contributed by atoms with Crippen LogP contribution in [0.3, 0.4) is 0 Å². The fourth-order valence-corrected chi connectivity index (χ4v) is 9.57. The molecule has 0 amide bonds. The van der Waals surface area contributed by atoms with Gasteiger partial charge in [0.05, 0.1) is 12.0 Å². The van der Waals surface area contributed by atoms with E-state index in [9.17, 15) is 30.0 Å². The Morgan fingerprint density at radius 3 is 2.53 bits per heavy atom. The highest BCUT2D eigenvalue weighted by atomic mass is 16.6. The Bertz CT molecular complexity index is 2620. The molecule has 0 radical (unpaired) electrons. The van der Waals surface area contributed by atoms with Crippen molar-refractivity contribution in [1.82, 2.24) is 9.97 Å². The molecule has 13 heteroatoms. The Hall–Kier alpha value is -6.36. The Kier molecular flexibility index (Phi) is 10.8. The van der Waals surface area contributed by atoms with E-state index in [1.165, 1.54) is 18.3 Å². The standard InChI is InChI=1S/C47H48N4O9/c1-3-33(27-8-4-5-9-27)45(57)59-36-22-34-42(56)39-35(55)21-32(24-52)58-44(39)40-41(28-15-17-50-38(49)19-28)47(25-53,30-10-6-12-31(54)20-30)16-7-11-29(46(36,2)60-43(34)40)18-26-13-14-37(48)51-23-26/h3,6,10,12-15,17,19-21,23,27,29,36,41,52-54,56H,4-5,8-9,11,18,22,24-25H2,1-2H3,(H2,48,51)(H2,49,50)/b33-3-/t29-,36-,41-,46+,47+/m1/s1. The van der Waals surface area contributed by atoms with E-state index in [4.69, 9.17) is 25.4 Å². The van der Waals surface area contributed by atoms with Crippen molar-refractivity contribution in [3.63, 3.8) is 0 Å². The van der Waals surface area contributed by atoms with Crippen LogP contribution >= 0.6 is 0 Å². The first-order valence-corrected chi connectivity index (χ1v) is 20.2. The lowest BCUT2D eigenvalue weighted by molar-refractivity contribution is -0.165. The fourth-order valence-electron chi connectivity index (χ4n) is 9.57. The number of aliphatic hydroxyl groups excluding tert-OH is 2. The molecular formula is C47H48N4O9. The van der Waals surface area contributed by atoms with Gasteiger partial charge in [0.15, 0.2) is 5.43 Å². The number of phenols is 2. The molecule has 8 rings (SSSR count). The van der Waals surface area contributed by atoms with Crippen molar-refractivity contribution in [2.75, 3.05) is 18.1 Å². The van der Waals surface area contributed by atoms with Crippen LogP contribution in [0, 0.1) is 23.7 Å². The summed E-state index contributed by atoms with van der Waals surface area (Å²) >= 11 is 0. The number of fused-ring (bicyclic) bond motifs is 3. The van der Waals surface area contributed by atoms with Crippen LogP contribution in [-0.4, -0.2) is 54.7 Å². The molecule has 3 aromatic heterocycles. The van der Waals surface area contributed by atoms with E-state index in [-0.39, 0.29) is 63.9 Å². The minimum Gasteiger partial charge on any atom is -0.508 e. The summed E-state index contributed by atoms with van der Waals surface area (Å²) in [4.78, 5) is 37.0. The number of carbonyl (C=O) groups excluding carboxylic acids is 1.